The summed E-state index contributed by atoms with van der Waals surface area (Å²) in [7, 11) is 1.69. The number of hydrogen-bond acceptors (Lipinski definition) is 3. The second-order valence-corrected chi connectivity index (χ2v) is 6.00. The van der Waals surface area contributed by atoms with Crippen molar-refractivity contribution in [2.75, 3.05) is 7.11 Å². The smallest absolute Gasteiger partial charge is 0.162 e. The molecule has 1 aliphatic rings. The van der Waals surface area contributed by atoms with Crippen LogP contribution in [0, 0.1) is 0 Å². The number of allylic oxidation sites excluding steroid dienone is 1. The summed E-state index contributed by atoms with van der Waals surface area (Å²) >= 11 is 0. The first-order valence-electron chi connectivity index (χ1n) is 8.19. The number of rotatable bonds is 5. The van der Waals surface area contributed by atoms with E-state index in [1.807, 2.05) is 30.6 Å². The number of methoxy groups -OCH3 is 1. The minimum atomic E-state index is 0. The molecule has 1 saturated carbocycles. The van der Waals surface area contributed by atoms with E-state index in [2.05, 4.69) is 30.1 Å². The summed E-state index contributed by atoms with van der Waals surface area (Å²) in [4.78, 5) is 4.07. The highest BCUT2D eigenvalue weighted by Crippen LogP contribution is 2.33. The van der Waals surface area contributed by atoms with Crippen molar-refractivity contribution in [3.05, 3.63) is 53.9 Å². The maximum atomic E-state index is 6.16. The molecule has 1 aromatic carbocycles. The summed E-state index contributed by atoms with van der Waals surface area (Å²) in [5, 5.41) is 0. The molecule has 0 N–H and O–H groups in total. The summed E-state index contributed by atoms with van der Waals surface area (Å²) in [6, 6.07) is 10.2. The van der Waals surface area contributed by atoms with E-state index in [-0.39, 0.29) is 12.4 Å². The van der Waals surface area contributed by atoms with Gasteiger partial charge in [-0.3, -0.25) is 4.98 Å². The standard InChI is InChI=1S/C20H23NO2.ClH/c1-15(17-9-11-21-12-10-17)13-16-7-8-19(22-2)20(14-16)23-18-5-3-4-6-18;/h7-14,18H,3-6H2,1-2H3;1H/b15-13-;. The molecule has 4 heteroatoms. The van der Waals surface area contributed by atoms with Crippen molar-refractivity contribution in [3.8, 4) is 11.5 Å². The van der Waals surface area contributed by atoms with E-state index < -0.39 is 0 Å². The van der Waals surface area contributed by atoms with Crippen LogP contribution in [0.4, 0.5) is 0 Å². The van der Waals surface area contributed by atoms with Gasteiger partial charge in [0.15, 0.2) is 11.5 Å². The topological polar surface area (TPSA) is 31.4 Å². The molecule has 3 rings (SSSR count). The maximum absolute atomic E-state index is 6.16. The molecular weight excluding hydrogens is 322 g/mol. The van der Waals surface area contributed by atoms with Gasteiger partial charge in [0.25, 0.3) is 0 Å². The molecule has 128 valence electrons. The fourth-order valence-electron chi connectivity index (χ4n) is 3.01. The Kier molecular flexibility index (Phi) is 6.68. The zero-order valence-electron chi connectivity index (χ0n) is 14.2. The van der Waals surface area contributed by atoms with Crippen LogP contribution in [0.5, 0.6) is 11.5 Å². The third-order valence-corrected chi connectivity index (χ3v) is 4.30. The van der Waals surface area contributed by atoms with Gasteiger partial charge in [0.1, 0.15) is 0 Å². The lowest BCUT2D eigenvalue weighted by Gasteiger charge is -2.16. The first-order chi connectivity index (χ1) is 11.3. The first-order valence-corrected chi connectivity index (χ1v) is 8.19. The molecule has 3 nitrogen and oxygen atoms in total. The molecule has 0 aliphatic heterocycles. The highest BCUT2D eigenvalue weighted by Gasteiger charge is 2.18. The molecule has 1 aromatic heterocycles. The lowest BCUT2D eigenvalue weighted by atomic mass is 10.1. The molecule has 1 aliphatic carbocycles. The second kappa shape index (κ2) is 8.74. The van der Waals surface area contributed by atoms with Gasteiger partial charge in [0, 0.05) is 12.4 Å². The van der Waals surface area contributed by atoms with Crippen LogP contribution >= 0.6 is 12.4 Å². The van der Waals surface area contributed by atoms with Gasteiger partial charge in [-0.05, 0) is 73.6 Å². The Morgan fingerprint density at radius 3 is 2.46 bits per heavy atom. The Hall–Kier alpha value is -2.00. The Bertz CT molecular complexity index is 679. The Morgan fingerprint density at radius 2 is 1.79 bits per heavy atom. The van der Waals surface area contributed by atoms with Crippen molar-refractivity contribution in [2.24, 2.45) is 0 Å². The average Bonchev–Trinajstić information content (AvgIpc) is 3.09. The molecule has 0 amide bonds. The number of benzene rings is 1. The highest BCUT2D eigenvalue weighted by atomic mass is 35.5. The van der Waals surface area contributed by atoms with Crippen LogP contribution in [-0.4, -0.2) is 18.2 Å². The van der Waals surface area contributed by atoms with Crippen LogP contribution in [0.25, 0.3) is 11.6 Å². The molecule has 0 spiro atoms. The predicted molar refractivity (Wildman–Crippen MR) is 101 cm³/mol. The number of pyridine rings is 1. The van der Waals surface area contributed by atoms with Gasteiger partial charge in [-0.15, -0.1) is 12.4 Å². The van der Waals surface area contributed by atoms with Crippen LogP contribution in [0.1, 0.15) is 43.7 Å². The summed E-state index contributed by atoms with van der Waals surface area (Å²) in [5.41, 5.74) is 3.49. The molecule has 1 fully saturated rings. The zero-order chi connectivity index (χ0) is 16.1. The summed E-state index contributed by atoms with van der Waals surface area (Å²) in [6.07, 6.45) is 10.9. The van der Waals surface area contributed by atoms with E-state index in [0.29, 0.717) is 6.10 Å². The third-order valence-electron chi connectivity index (χ3n) is 4.30. The molecule has 1 heterocycles. The van der Waals surface area contributed by atoms with Crippen molar-refractivity contribution in [2.45, 2.75) is 38.7 Å². The van der Waals surface area contributed by atoms with Gasteiger partial charge in [0.05, 0.1) is 13.2 Å². The van der Waals surface area contributed by atoms with E-state index in [1.54, 1.807) is 7.11 Å². The SMILES string of the molecule is COc1ccc(/C=C(/C)c2ccncc2)cc1OC1CCCC1.Cl. The molecule has 0 unspecified atom stereocenters. The van der Waals surface area contributed by atoms with Gasteiger partial charge in [-0.1, -0.05) is 12.1 Å². The van der Waals surface area contributed by atoms with Gasteiger partial charge in [-0.2, -0.15) is 0 Å². The fourth-order valence-corrected chi connectivity index (χ4v) is 3.01. The summed E-state index contributed by atoms with van der Waals surface area (Å²) < 4.78 is 11.6. The van der Waals surface area contributed by atoms with Crippen molar-refractivity contribution in [1.82, 2.24) is 4.98 Å². The van der Waals surface area contributed by atoms with Crippen LogP contribution in [-0.2, 0) is 0 Å². The molecule has 0 saturated heterocycles. The number of aromatic nitrogens is 1. The number of hydrogen-bond donors (Lipinski definition) is 0. The van der Waals surface area contributed by atoms with Gasteiger partial charge in [-0.25, -0.2) is 0 Å². The van der Waals surface area contributed by atoms with Gasteiger partial charge in [0.2, 0.25) is 0 Å². The minimum Gasteiger partial charge on any atom is -0.493 e. The maximum Gasteiger partial charge on any atom is 0.162 e. The number of halogens is 1. The predicted octanol–water partition coefficient (Wildman–Crippen LogP) is 5.39. The molecule has 24 heavy (non-hydrogen) atoms. The average molecular weight is 346 g/mol. The van der Waals surface area contributed by atoms with Gasteiger partial charge >= 0.3 is 0 Å². The Balaban J connectivity index is 0.00000208. The van der Waals surface area contributed by atoms with Crippen LogP contribution < -0.4 is 9.47 Å². The lowest BCUT2D eigenvalue weighted by molar-refractivity contribution is 0.201. The van der Waals surface area contributed by atoms with Crippen molar-refractivity contribution < 1.29 is 9.47 Å². The van der Waals surface area contributed by atoms with Crippen LogP contribution in [0.3, 0.4) is 0 Å². The number of ether oxygens (including phenoxy) is 2. The highest BCUT2D eigenvalue weighted by molar-refractivity contribution is 5.85. The Labute approximate surface area is 150 Å². The second-order valence-electron chi connectivity index (χ2n) is 6.00. The van der Waals surface area contributed by atoms with E-state index in [9.17, 15) is 0 Å². The molecule has 0 atom stereocenters. The molecule has 0 bridgehead atoms. The molecule has 2 aromatic rings. The van der Waals surface area contributed by atoms with E-state index in [4.69, 9.17) is 9.47 Å². The van der Waals surface area contributed by atoms with Crippen molar-refractivity contribution >= 4 is 24.1 Å². The van der Waals surface area contributed by atoms with E-state index in [0.717, 1.165) is 29.9 Å². The fraction of sp³-hybridized carbons (Fsp3) is 0.350. The van der Waals surface area contributed by atoms with Crippen molar-refractivity contribution in [3.63, 3.8) is 0 Å². The Morgan fingerprint density at radius 1 is 1.08 bits per heavy atom. The minimum absolute atomic E-state index is 0. The van der Waals surface area contributed by atoms with Crippen molar-refractivity contribution in [1.29, 1.82) is 0 Å². The van der Waals surface area contributed by atoms with E-state index in [1.165, 1.54) is 24.0 Å². The largest absolute Gasteiger partial charge is 0.493 e. The quantitative estimate of drug-likeness (QED) is 0.727. The van der Waals surface area contributed by atoms with Crippen LogP contribution in [0.15, 0.2) is 42.7 Å². The lowest BCUT2D eigenvalue weighted by Crippen LogP contribution is -2.11. The third kappa shape index (κ3) is 4.51. The summed E-state index contributed by atoms with van der Waals surface area (Å²) in [5.74, 6) is 1.64. The number of nitrogens with zero attached hydrogens (tertiary/aromatic N) is 1. The normalized spacial score (nSPS) is 15.0. The zero-order valence-corrected chi connectivity index (χ0v) is 15.0. The summed E-state index contributed by atoms with van der Waals surface area (Å²) in [6.45, 7) is 2.11. The molecular formula is C20H24ClNO2. The van der Waals surface area contributed by atoms with Gasteiger partial charge < -0.3 is 9.47 Å². The molecule has 0 radical (unpaired) electrons. The monoisotopic (exact) mass is 345 g/mol. The van der Waals surface area contributed by atoms with Crippen LogP contribution in [0.2, 0.25) is 0 Å². The first kappa shape index (κ1) is 18.3. The van der Waals surface area contributed by atoms with E-state index >= 15 is 0 Å².